The lowest BCUT2D eigenvalue weighted by Crippen LogP contribution is -2.04. The van der Waals surface area contributed by atoms with Gasteiger partial charge >= 0.3 is 6.18 Å². The SMILES string of the molecule is FC(F)(F)c1ccc2nc(CNc3ccccc3)[nH]c2c1. The zero-order valence-electron chi connectivity index (χ0n) is 10.9. The summed E-state index contributed by atoms with van der Waals surface area (Å²) in [7, 11) is 0. The first-order valence-electron chi connectivity index (χ1n) is 6.37. The molecule has 1 heterocycles. The first-order chi connectivity index (χ1) is 10.0. The van der Waals surface area contributed by atoms with Crippen LogP contribution in [0.4, 0.5) is 18.9 Å². The molecule has 6 heteroatoms. The highest BCUT2D eigenvalue weighted by Crippen LogP contribution is 2.30. The van der Waals surface area contributed by atoms with Crippen molar-refractivity contribution in [1.82, 2.24) is 9.97 Å². The fraction of sp³-hybridized carbons (Fsp3) is 0.133. The van der Waals surface area contributed by atoms with Crippen LogP contribution in [0.2, 0.25) is 0 Å². The van der Waals surface area contributed by atoms with Crippen LogP contribution in [-0.2, 0) is 12.7 Å². The molecule has 0 atom stereocenters. The molecule has 0 saturated carbocycles. The zero-order chi connectivity index (χ0) is 14.9. The highest BCUT2D eigenvalue weighted by atomic mass is 19.4. The number of alkyl halides is 3. The minimum atomic E-state index is -4.35. The van der Waals surface area contributed by atoms with E-state index in [0.717, 1.165) is 17.8 Å². The maximum absolute atomic E-state index is 12.6. The molecule has 0 aliphatic rings. The maximum atomic E-state index is 12.6. The molecule has 0 amide bonds. The Morgan fingerprint density at radius 1 is 1.05 bits per heavy atom. The largest absolute Gasteiger partial charge is 0.416 e. The van der Waals surface area contributed by atoms with Crippen LogP contribution in [0, 0.1) is 0 Å². The van der Waals surface area contributed by atoms with Gasteiger partial charge in [0.15, 0.2) is 0 Å². The summed E-state index contributed by atoms with van der Waals surface area (Å²) in [6.07, 6.45) is -4.35. The molecule has 0 bridgehead atoms. The van der Waals surface area contributed by atoms with E-state index in [4.69, 9.17) is 0 Å². The summed E-state index contributed by atoms with van der Waals surface area (Å²) < 4.78 is 37.9. The third kappa shape index (κ3) is 2.99. The standard InChI is InChI=1S/C15H12F3N3/c16-15(17,18)10-6-7-12-13(8-10)21-14(20-12)9-19-11-4-2-1-3-5-11/h1-8,19H,9H2,(H,20,21). The van der Waals surface area contributed by atoms with E-state index in [-0.39, 0.29) is 0 Å². The number of hydrogen-bond acceptors (Lipinski definition) is 2. The van der Waals surface area contributed by atoms with Gasteiger partial charge in [-0.3, -0.25) is 0 Å². The van der Waals surface area contributed by atoms with E-state index in [0.29, 0.717) is 23.4 Å². The van der Waals surface area contributed by atoms with Crippen LogP contribution in [0.5, 0.6) is 0 Å². The quantitative estimate of drug-likeness (QED) is 0.759. The predicted molar refractivity (Wildman–Crippen MR) is 74.9 cm³/mol. The lowest BCUT2D eigenvalue weighted by Gasteiger charge is -2.05. The molecule has 21 heavy (non-hydrogen) atoms. The van der Waals surface area contributed by atoms with E-state index in [9.17, 15) is 13.2 Å². The molecule has 0 aliphatic heterocycles. The van der Waals surface area contributed by atoms with Crippen molar-refractivity contribution < 1.29 is 13.2 Å². The average Bonchev–Trinajstić information content (AvgIpc) is 2.87. The van der Waals surface area contributed by atoms with Crippen molar-refractivity contribution in [3.05, 3.63) is 59.9 Å². The number of halogens is 3. The highest BCUT2D eigenvalue weighted by Gasteiger charge is 2.30. The molecular weight excluding hydrogens is 279 g/mol. The topological polar surface area (TPSA) is 40.7 Å². The number of fused-ring (bicyclic) bond motifs is 1. The molecule has 2 N–H and O–H groups in total. The molecule has 108 valence electrons. The van der Waals surface area contributed by atoms with E-state index in [1.165, 1.54) is 6.07 Å². The van der Waals surface area contributed by atoms with Gasteiger partial charge in [-0.05, 0) is 30.3 Å². The monoisotopic (exact) mass is 291 g/mol. The lowest BCUT2D eigenvalue weighted by atomic mass is 10.2. The third-order valence-corrected chi connectivity index (χ3v) is 3.09. The minimum Gasteiger partial charge on any atom is -0.378 e. The smallest absolute Gasteiger partial charge is 0.378 e. The van der Waals surface area contributed by atoms with Gasteiger partial charge in [0.2, 0.25) is 0 Å². The Labute approximate surface area is 118 Å². The third-order valence-electron chi connectivity index (χ3n) is 3.09. The number of nitrogens with one attached hydrogen (secondary N) is 2. The molecule has 0 saturated heterocycles. The Balaban J connectivity index is 1.81. The second-order valence-electron chi connectivity index (χ2n) is 4.63. The molecule has 1 aromatic heterocycles. The van der Waals surface area contributed by atoms with E-state index in [1.54, 1.807) is 0 Å². The van der Waals surface area contributed by atoms with E-state index in [2.05, 4.69) is 15.3 Å². The van der Waals surface area contributed by atoms with Crippen molar-refractivity contribution in [1.29, 1.82) is 0 Å². The van der Waals surface area contributed by atoms with Crippen LogP contribution in [-0.4, -0.2) is 9.97 Å². The lowest BCUT2D eigenvalue weighted by molar-refractivity contribution is -0.137. The first kappa shape index (κ1) is 13.5. The number of aromatic nitrogens is 2. The average molecular weight is 291 g/mol. The maximum Gasteiger partial charge on any atom is 0.416 e. The van der Waals surface area contributed by atoms with Crippen molar-refractivity contribution in [3.63, 3.8) is 0 Å². The van der Waals surface area contributed by atoms with Crippen molar-refractivity contribution in [2.75, 3.05) is 5.32 Å². The Bertz CT molecular complexity index is 748. The molecule has 3 aromatic rings. The second kappa shape index (κ2) is 5.12. The van der Waals surface area contributed by atoms with Gasteiger partial charge in [0.25, 0.3) is 0 Å². The number of imidazole rings is 1. The number of nitrogens with zero attached hydrogens (tertiary/aromatic N) is 1. The van der Waals surface area contributed by atoms with Crippen molar-refractivity contribution in [2.24, 2.45) is 0 Å². The summed E-state index contributed by atoms with van der Waals surface area (Å²) in [5, 5.41) is 3.15. The predicted octanol–water partition coefficient (Wildman–Crippen LogP) is 4.19. The summed E-state index contributed by atoms with van der Waals surface area (Å²) in [5.41, 5.74) is 1.15. The number of rotatable bonds is 3. The molecular formula is C15H12F3N3. The normalized spacial score (nSPS) is 11.8. The van der Waals surface area contributed by atoms with E-state index >= 15 is 0 Å². The number of hydrogen-bond donors (Lipinski definition) is 2. The fourth-order valence-corrected chi connectivity index (χ4v) is 2.06. The minimum absolute atomic E-state index is 0.384. The highest BCUT2D eigenvalue weighted by molar-refractivity contribution is 5.76. The number of para-hydroxylation sites is 1. The van der Waals surface area contributed by atoms with Gasteiger partial charge < -0.3 is 10.3 Å². The zero-order valence-corrected chi connectivity index (χ0v) is 10.9. The Morgan fingerprint density at radius 3 is 2.52 bits per heavy atom. The summed E-state index contributed by atoms with van der Waals surface area (Å²) in [6.45, 7) is 0.417. The molecule has 0 radical (unpaired) electrons. The fourth-order valence-electron chi connectivity index (χ4n) is 2.06. The van der Waals surface area contributed by atoms with Crippen LogP contribution >= 0.6 is 0 Å². The van der Waals surface area contributed by atoms with Crippen LogP contribution in [0.25, 0.3) is 11.0 Å². The van der Waals surface area contributed by atoms with Gasteiger partial charge in [0, 0.05) is 5.69 Å². The van der Waals surface area contributed by atoms with Gasteiger partial charge in [0.05, 0.1) is 23.1 Å². The molecule has 0 unspecified atom stereocenters. The van der Waals surface area contributed by atoms with Gasteiger partial charge in [0.1, 0.15) is 5.82 Å². The van der Waals surface area contributed by atoms with E-state index in [1.807, 2.05) is 30.3 Å². The van der Waals surface area contributed by atoms with Gasteiger partial charge in [-0.25, -0.2) is 4.98 Å². The number of H-pyrrole nitrogens is 1. The Hall–Kier alpha value is -2.50. The Morgan fingerprint density at radius 2 is 1.81 bits per heavy atom. The van der Waals surface area contributed by atoms with Crippen molar-refractivity contribution in [2.45, 2.75) is 12.7 Å². The van der Waals surface area contributed by atoms with Crippen molar-refractivity contribution in [3.8, 4) is 0 Å². The van der Waals surface area contributed by atoms with Crippen molar-refractivity contribution >= 4 is 16.7 Å². The van der Waals surface area contributed by atoms with Crippen LogP contribution in [0.15, 0.2) is 48.5 Å². The van der Waals surface area contributed by atoms with E-state index < -0.39 is 11.7 Å². The summed E-state index contributed by atoms with van der Waals surface area (Å²) in [4.78, 5) is 7.17. The summed E-state index contributed by atoms with van der Waals surface area (Å²) in [6, 6.07) is 13.0. The van der Waals surface area contributed by atoms with Crippen LogP contribution in [0.3, 0.4) is 0 Å². The number of aromatic amines is 1. The van der Waals surface area contributed by atoms with Gasteiger partial charge in [-0.15, -0.1) is 0 Å². The van der Waals surface area contributed by atoms with Crippen LogP contribution < -0.4 is 5.32 Å². The van der Waals surface area contributed by atoms with Crippen LogP contribution in [0.1, 0.15) is 11.4 Å². The molecule has 0 fully saturated rings. The number of anilines is 1. The molecule has 0 aliphatic carbocycles. The molecule has 0 spiro atoms. The van der Waals surface area contributed by atoms with Gasteiger partial charge in [-0.2, -0.15) is 13.2 Å². The summed E-state index contributed by atoms with van der Waals surface area (Å²) in [5.74, 6) is 0.591. The van der Waals surface area contributed by atoms with Gasteiger partial charge in [-0.1, -0.05) is 18.2 Å². The molecule has 2 aromatic carbocycles. The first-order valence-corrected chi connectivity index (χ1v) is 6.37. The summed E-state index contributed by atoms with van der Waals surface area (Å²) >= 11 is 0. The second-order valence-corrected chi connectivity index (χ2v) is 4.63. The molecule has 3 rings (SSSR count). The number of benzene rings is 2. The molecule has 3 nitrogen and oxygen atoms in total. The Kier molecular flexibility index (Phi) is 3.29.